The molecule has 2 aromatic carbocycles. The minimum absolute atomic E-state index is 0.312. The summed E-state index contributed by atoms with van der Waals surface area (Å²) in [4.78, 5) is 24.6. The summed E-state index contributed by atoms with van der Waals surface area (Å²) in [5, 5.41) is 5.08. The Morgan fingerprint density at radius 2 is 1.78 bits per heavy atom. The van der Waals surface area contributed by atoms with E-state index in [9.17, 15) is 9.59 Å². The molecular weight excluding hydrogens is 426 g/mol. The molecule has 0 aliphatic rings. The van der Waals surface area contributed by atoms with Crippen LogP contribution in [0.3, 0.4) is 0 Å². The van der Waals surface area contributed by atoms with Crippen molar-refractivity contribution in [1.82, 2.24) is 0 Å². The minimum Gasteiger partial charge on any atom is -0.465 e. The summed E-state index contributed by atoms with van der Waals surface area (Å²) in [6, 6.07) is 17.1. The Balaban J connectivity index is 1.87. The number of esters is 1. The topological polar surface area (TPSA) is 55.4 Å². The number of benzene rings is 2. The first-order valence-corrected chi connectivity index (χ1v) is 9.75. The summed E-state index contributed by atoms with van der Waals surface area (Å²) in [6.07, 6.45) is 3.16. The van der Waals surface area contributed by atoms with Crippen molar-refractivity contribution >= 4 is 50.2 Å². The Labute approximate surface area is 169 Å². The Kier molecular flexibility index (Phi) is 6.21. The van der Waals surface area contributed by atoms with Crippen LogP contribution in [0, 0.1) is 0 Å². The molecular formula is C21H16BrNO3S. The van der Waals surface area contributed by atoms with Gasteiger partial charge in [0, 0.05) is 21.5 Å². The normalized spacial score (nSPS) is 10.7. The Bertz CT molecular complexity index is 978. The van der Waals surface area contributed by atoms with E-state index in [2.05, 4.69) is 21.2 Å². The first kappa shape index (κ1) is 19.1. The fourth-order valence-corrected chi connectivity index (χ4v) is 3.71. The molecule has 1 aromatic heterocycles. The third kappa shape index (κ3) is 4.72. The number of hydrogen-bond acceptors (Lipinski definition) is 4. The summed E-state index contributed by atoms with van der Waals surface area (Å²) >= 11 is 4.69. The SMILES string of the molecule is COC(=O)c1c(-c2ccc(Br)cc2)csc1NC(=O)/C=C/c1ccccc1. The van der Waals surface area contributed by atoms with Crippen molar-refractivity contribution in [2.45, 2.75) is 0 Å². The highest BCUT2D eigenvalue weighted by atomic mass is 79.9. The average Bonchev–Trinajstić information content (AvgIpc) is 3.10. The van der Waals surface area contributed by atoms with Gasteiger partial charge in [-0.1, -0.05) is 58.4 Å². The third-order valence-corrected chi connectivity index (χ3v) is 5.22. The predicted octanol–water partition coefficient (Wildman–Crippen LogP) is 5.62. The van der Waals surface area contributed by atoms with E-state index in [0.29, 0.717) is 10.6 Å². The molecule has 0 saturated heterocycles. The molecule has 1 amide bonds. The van der Waals surface area contributed by atoms with Crippen LogP contribution in [0.2, 0.25) is 0 Å². The molecule has 0 fully saturated rings. The first-order valence-electron chi connectivity index (χ1n) is 8.08. The molecule has 4 nitrogen and oxygen atoms in total. The van der Waals surface area contributed by atoms with Crippen molar-refractivity contribution in [3.05, 3.63) is 81.7 Å². The highest BCUT2D eigenvalue weighted by Crippen LogP contribution is 2.36. The Morgan fingerprint density at radius 1 is 1.07 bits per heavy atom. The van der Waals surface area contributed by atoms with Gasteiger partial charge in [-0.2, -0.15) is 0 Å². The van der Waals surface area contributed by atoms with Crippen LogP contribution >= 0.6 is 27.3 Å². The van der Waals surface area contributed by atoms with Crippen LogP contribution in [-0.4, -0.2) is 19.0 Å². The van der Waals surface area contributed by atoms with Crippen molar-refractivity contribution in [2.24, 2.45) is 0 Å². The Morgan fingerprint density at radius 3 is 2.44 bits per heavy atom. The quantitative estimate of drug-likeness (QED) is 0.413. The number of anilines is 1. The third-order valence-electron chi connectivity index (χ3n) is 3.80. The van der Waals surface area contributed by atoms with E-state index in [1.165, 1.54) is 24.5 Å². The second-order valence-electron chi connectivity index (χ2n) is 5.59. The number of hydrogen-bond donors (Lipinski definition) is 1. The van der Waals surface area contributed by atoms with E-state index in [1.807, 2.05) is 60.0 Å². The lowest BCUT2D eigenvalue weighted by Gasteiger charge is -2.07. The number of amides is 1. The molecule has 0 unspecified atom stereocenters. The van der Waals surface area contributed by atoms with Crippen molar-refractivity contribution in [3.8, 4) is 11.1 Å². The molecule has 0 aliphatic carbocycles. The van der Waals surface area contributed by atoms with Gasteiger partial charge in [-0.05, 0) is 29.3 Å². The van der Waals surface area contributed by atoms with Gasteiger partial charge < -0.3 is 10.1 Å². The zero-order valence-electron chi connectivity index (χ0n) is 14.4. The van der Waals surface area contributed by atoms with Gasteiger partial charge in [-0.15, -0.1) is 11.3 Å². The predicted molar refractivity (Wildman–Crippen MR) is 113 cm³/mol. The van der Waals surface area contributed by atoms with Gasteiger partial charge in [0.2, 0.25) is 5.91 Å². The summed E-state index contributed by atoms with van der Waals surface area (Å²) in [7, 11) is 1.33. The molecule has 3 rings (SSSR count). The van der Waals surface area contributed by atoms with E-state index in [-0.39, 0.29) is 5.91 Å². The second-order valence-corrected chi connectivity index (χ2v) is 7.38. The zero-order valence-corrected chi connectivity index (χ0v) is 16.8. The molecule has 0 saturated carbocycles. The number of halogens is 1. The van der Waals surface area contributed by atoms with Crippen molar-refractivity contribution in [2.75, 3.05) is 12.4 Å². The van der Waals surface area contributed by atoms with Gasteiger partial charge in [-0.25, -0.2) is 4.79 Å². The molecule has 0 spiro atoms. The molecule has 0 aliphatic heterocycles. The maximum absolute atomic E-state index is 12.3. The lowest BCUT2D eigenvalue weighted by atomic mass is 10.0. The molecule has 27 heavy (non-hydrogen) atoms. The van der Waals surface area contributed by atoms with Crippen LogP contribution < -0.4 is 5.32 Å². The molecule has 3 aromatic rings. The number of thiophene rings is 1. The molecule has 0 atom stereocenters. The van der Waals surface area contributed by atoms with Crippen molar-refractivity contribution < 1.29 is 14.3 Å². The van der Waals surface area contributed by atoms with Crippen molar-refractivity contribution in [1.29, 1.82) is 0 Å². The number of carbonyl (C=O) groups is 2. The molecule has 0 radical (unpaired) electrons. The van der Waals surface area contributed by atoms with E-state index < -0.39 is 5.97 Å². The lowest BCUT2D eigenvalue weighted by molar-refractivity contribution is -0.111. The van der Waals surface area contributed by atoms with Gasteiger partial charge >= 0.3 is 5.97 Å². The van der Waals surface area contributed by atoms with Crippen LogP contribution in [-0.2, 0) is 9.53 Å². The summed E-state index contributed by atoms with van der Waals surface area (Å²) < 4.78 is 5.87. The smallest absolute Gasteiger partial charge is 0.341 e. The molecule has 0 bridgehead atoms. The van der Waals surface area contributed by atoms with Gasteiger partial charge in [0.25, 0.3) is 0 Å². The molecule has 6 heteroatoms. The van der Waals surface area contributed by atoms with E-state index in [1.54, 1.807) is 6.08 Å². The number of methoxy groups -OCH3 is 1. The summed E-state index contributed by atoms with van der Waals surface area (Å²) in [5.74, 6) is -0.801. The van der Waals surface area contributed by atoms with Gasteiger partial charge in [0.05, 0.1) is 7.11 Å². The van der Waals surface area contributed by atoms with Gasteiger partial charge in [-0.3, -0.25) is 4.79 Å². The van der Waals surface area contributed by atoms with Crippen LogP contribution in [0.15, 0.2) is 70.5 Å². The first-order chi connectivity index (χ1) is 13.1. The summed E-state index contributed by atoms with van der Waals surface area (Å²) in [5.41, 5.74) is 2.87. The second kappa shape index (κ2) is 8.79. The van der Waals surface area contributed by atoms with Crippen molar-refractivity contribution in [3.63, 3.8) is 0 Å². The fourth-order valence-electron chi connectivity index (χ4n) is 2.49. The van der Waals surface area contributed by atoms with Crippen LogP contribution in [0.1, 0.15) is 15.9 Å². The minimum atomic E-state index is -0.489. The highest BCUT2D eigenvalue weighted by molar-refractivity contribution is 9.10. The van der Waals surface area contributed by atoms with E-state index >= 15 is 0 Å². The summed E-state index contributed by atoms with van der Waals surface area (Å²) in [6.45, 7) is 0. The van der Waals surface area contributed by atoms with Crippen LogP contribution in [0.25, 0.3) is 17.2 Å². The highest BCUT2D eigenvalue weighted by Gasteiger charge is 2.21. The standard InChI is InChI=1S/C21H16BrNO3S/c1-26-21(25)19-17(15-8-10-16(22)11-9-15)13-27-20(19)23-18(24)12-7-14-5-3-2-4-6-14/h2-13H,1H3,(H,23,24)/b12-7+. The molecule has 1 N–H and O–H groups in total. The largest absolute Gasteiger partial charge is 0.465 e. The Hall–Kier alpha value is -2.70. The maximum Gasteiger partial charge on any atom is 0.341 e. The number of rotatable bonds is 5. The number of carbonyl (C=O) groups excluding carboxylic acids is 2. The average molecular weight is 442 g/mol. The fraction of sp³-hybridized carbons (Fsp3) is 0.0476. The van der Waals surface area contributed by atoms with Crippen LogP contribution in [0.5, 0.6) is 0 Å². The monoisotopic (exact) mass is 441 g/mol. The van der Waals surface area contributed by atoms with Gasteiger partial charge in [0.1, 0.15) is 10.6 Å². The number of ether oxygens (including phenoxy) is 1. The zero-order chi connectivity index (χ0) is 19.2. The number of nitrogens with one attached hydrogen (secondary N) is 1. The van der Waals surface area contributed by atoms with Gasteiger partial charge in [0.15, 0.2) is 0 Å². The van der Waals surface area contributed by atoms with E-state index in [4.69, 9.17) is 4.74 Å². The lowest BCUT2D eigenvalue weighted by Crippen LogP contribution is -2.11. The maximum atomic E-state index is 12.3. The molecule has 1 heterocycles. The molecule has 136 valence electrons. The van der Waals surface area contributed by atoms with Crippen LogP contribution in [0.4, 0.5) is 5.00 Å². The van der Waals surface area contributed by atoms with E-state index in [0.717, 1.165) is 21.2 Å².